The predicted octanol–water partition coefficient (Wildman–Crippen LogP) is 2.47. The van der Waals surface area contributed by atoms with Crippen LogP contribution in [-0.4, -0.2) is 32.7 Å². The van der Waals surface area contributed by atoms with Gasteiger partial charge in [-0.05, 0) is 18.9 Å². The lowest BCUT2D eigenvalue weighted by Gasteiger charge is -2.29. The number of nitrogens with zero attached hydrogens (tertiary/aromatic N) is 1. The first-order chi connectivity index (χ1) is 10.6. The molecular formula is C16H19N3O3. The van der Waals surface area contributed by atoms with Gasteiger partial charge in [-0.3, -0.25) is 9.89 Å². The van der Waals surface area contributed by atoms with E-state index in [1.165, 1.54) is 0 Å². The highest BCUT2D eigenvalue weighted by atomic mass is 16.4. The molecule has 116 valence electrons. The summed E-state index contributed by atoms with van der Waals surface area (Å²) in [5, 5.41) is 20.0. The Morgan fingerprint density at radius 1 is 1.18 bits per heavy atom. The number of carboxylic acids is 1. The van der Waals surface area contributed by atoms with E-state index in [2.05, 4.69) is 15.5 Å². The van der Waals surface area contributed by atoms with Crippen molar-refractivity contribution in [2.24, 2.45) is 0 Å². The number of aromatic amines is 1. The minimum Gasteiger partial charge on any atom is -0.480 e. The molecule has 1 aliphatic rings. The highest BCUT2D eigenvalue weighted by Crippen LogP contribution is 2.28. The van der Waals surface area contributed by atoms with Gasteiger partial charge in [0.1, 0.15) is 5.54 Å². The lowest BCUT2D eigenvalue weighted by Crippen LogP contribution is -2.54. The molecule has 0 saturated heterocycles. The molecule has 3 N–H and O–H groups in total. The first-order valence-electron chi connectivity index (χ1n) is 7.60. The maximum atomic E-state index is 12.6. The highest BCUT2D eigenvalue weighted by molar-refractivity contribution is 6.06. The number of hydrogen-bond acceptors (Lipinski definition) is 3. The average Bonchev–Trinajstić information content (AvgIpc) is 2.86. The maximum absolute atomic E-state index is 12.6. The normalized spacial score (nSPS) is 17.8. The van der Waals surface area contributed by atoms with E-state index in [0.717, 1.165) is 31.1 Å². The summed E-state index contributed by atoms with van der Waals surface area (Å²) in [6.07, 6.45) is 6.27. The van der Waals surface area contributed by atoms with Gasteiger partial charge in [-0.15, -0.1) is 0 Å². The second-order valence-electron chi connectivity index (χ2n) is 5.90. The number of benzene rings is 1. The van der Waals surface area contributed by atoms with E-state index in [1.54, 1.807) is 18.3 Å². The molecule has 0 spiro atoms. The van der Waals surface area contributed by atoms with Gasteiger partial charge in [0.15, 0.2) is 0 Å². The van der Waals surface area contributed by atoms with Crippen molar-refractivity contribution < 1.29 is 14.7 Å². The molecule has 1 aromatic carbocycles. The third-order valence-electron chi connectivity index (χ3n) is 4.44. The number of hydrogen-bond donors (Lipinski definition) is 3. The molecule has 1 saturated carbocycles. The van der Waals surface area contributed by atoms with Gasteiger partial charge in [0, 0.05) is 5.39 Å². The number of carbonyl (C=O) groups is 2. The molecule has 6 heteroatoms. The van der Waals surface area contributed by atoms with Crippen LogP contribution in [0.15, 0.2) is 24.4 Å². The van der Waals surface area contributed by atoms with E-state index >= 15 is 0 Å². The SMILES string of the molecule is O=C(NC1(C(=O)O)CCCCCC1)c1cccc2cn[nH]c12. The van der Waals surface area contributed by atoms with Crippen LogP contribution >= 0.6 is 0 Å². The first kappa shape index (κ1) is 14.6. The monoisotopic (exact) mass is 301 g/mol. The number of aromatic nitrogens is 2. The summed E-state index contributed by atoms with van der Waals surface area (Å²) >= 11 is 0. The predicted molar refractivity (Wildman–Crippen MR) is 81.6 cm³/mol. The molecule has 1 heterocycles. The number of rotatable bonds is 3. The Kier molecular flexibility index (Phi) is 3.83. The van der Waals surface area contributed by atoms with E-state index in [-0.39, 0.29) is 5.91 Å². The number of H-pyrrole nitrogens is 1. The van der Waals surface area contributed by atoms with Crippen LogP contribution in [0, 0.1) is 0 Å². The average molecular weight is 301 g/mol. The standard InChI is InChI=1S/C16H19N3O3/c20-14(12-7-5-6-11-10-17-19-13(11)12)18-16(15(21)22)8-3-1-2-4-9-16/h5-7,10H,1-4,8-9H2,(H,17,19)(H,18,20)(H,21,22). The second-order valence-corrected chi connectivity index (χ2v) is 5.90. The van der Waals surface area contributed by atoms with Crippen LogP contribution in [-0.2, 0) is 4.79 Å². The molecule has 6 nitrogen and oxygen atoms in total. The highest BCUT2D eigenvalue weighted by Gasteiger charge is 2.40. The Morgan fingerprint density at radius 3 is 2.59 bits per heavy atom. The molecule has 0 atom stereocenters. The van der Waals surface area contributed by atoms with Gasteiger partial charge in [-0.2, -0.15) is 5.10 Å². The molecule has 0 radical (unpaired) electrons. The largest absolute Gasteiger partial charge is 0.480 e. The molecule has 2 aromatic rings. The minimum atomic E-state index is -1.16. The summed E-state index contributed by atoms with van der Waals surface area (Å²) in [7, 11) is 0. The fourth-order valence-corrected chi connectivity index (χ4v) is 3.17. The lowest BCUT2D eigenvalue weighted by atomic mass is 9.89. The summed E-state index contributed by atoms with van der Waals surface area (Å²) in [6.45, 7) is 0. The summed E-state index contributed by atoms with van der Waals surface area (Å²) in [5.41, 5.74) is -0.0931. The third kappa shape index (κ3) is 2.56. The Bertz CT molecular complexity index is 699. The molecular weight excluding hydrogens is 282 g/mol. The number of carbonyl (C=O) groups excluding carboxylic acids is 1. The number of amides is 1. The van der Waals surface area contributed by atoms with Gasteiger partial charge in [0.2, 0.25) is 0 Å². The van der Waals surface area contributed by atoms with Crippen LogP contribution in [0.1, 0.15) is 48.9 Å². The van der Waals surface area contributed by atoms with Crippen molar-refractivity contribution in [2.75, 3.05) is 0 Å². The fraction of sp³-hybridized carbons (Fsp3) is 0.438. The summed E-state index contributed by atoms with van der Waals surface area (Å²) in [4.78, 5) is 24.4. The lowest BCUT2D eigenvalue weighted by molar-refractivity contribution is -0.145. The van der Waals surface area contributed by atoms with Crippen LogP contribution in [0.4, 0.5) is 0 Å². The number of aliphatic carboxylic acids is 1. The third-order valence-corrected chi connectivity index (χ3v) is 4.44. The number of fused-ring (bicyclic) bond motifs is 1. The zero-order chi connectivity index (χ0) is 15.6. The van der Waals surface area contributed by atoms with Gasteiger partial charge in [0.05, 0.1) is 17.3 Å². The van der Waals surface area contributed by atoms with Crippen molar-refractivity contribution in [3.8, 4) is 0 Å². The summed E-state index contributed by atoms with van der Waals surface area (Å²) in [6, 6.07) is 5.31. The molecule has 1 amide bonds. The van der Waals surface area contributed by atoms with Crippen LogP contribution in [0.25, 0.3) is 10.9 Å². The van der Waals surface area contributed by atoms with Crippen molar-refractivity contribution >= 4 is 22.8 Å². The van der Waals surface area contributed by atoms with Crippen LogP contribution in [0.5, 0.6) is 0 Å². The molecule has 1 aliphatic carbocycles. The van der Waals surface area contributed by atoms with Crippen molar-refractivity contribution in [1.29, 1.82) is 0 Å². The van der Waals surface area contributed by atoms with Crippen molar-refractivity contribution in [1.82, 2.24) is 15.5 Å². The zero-order valence-corrected chi connectivity index (χ0v) is 12.3. The second kappa shape index (κ2) is 5.79. The van der Waals surface area contributed by atoms with Crippen LogP contribution in [0.2, 0.25) is 0 Å². The Labute approximate surface area is 127 Å². The zero-order valence-electron chi connectivity index (χ0n) is 12.3. The van der Waals surface area contributed by atoms with Crippen molar-refractivity contribution in [2.45, 2.75) is 44.1 Å². The number of carboxylic acid groups (broad SMARTS) is 1. The van der Waals surface area contributed by atoms with Gasteiger partial charge in [-0.25, -0.2) is 4.79 Å². The molecule has 1 aromatic heterocycles. The van der Waals surface area contributed by atoms with E-state index < -0.39 is 11.5 Å². The van der Waals surface area contributed by atoms with Gasteiger partial charge < -0.3 is 10.4 Å². The molecule has 0 aliphatic heterocycles. The minimum absolute atomic E-state index is 0.362. The Balaban J connectivity index is 1.91. The molecule has 0 bridgehead atoms. The molecule has 3 rings (SSSR count). The molecule has 0 unspecified atom stereocenters. The fourth-order valence-electron chi connectivity index (χ4n) is 3.17. The van der Waals surface area contributed by atoms with Crippen LogP contribution in [0.3, 0.4) is 0 Å². The molecule has 22 heavy (non-hydrogen) atoms. The van der Waals surface area contributed by atoms with Crippen LogP contribution < -0.4 is 5.32 Å². The smallest absolute Gasteiger partial charge is 0.329 e. The van der Waals surface area contributed by atoms with Crippen molar-refractivity contribution in [3.63, 3.8) is 0 Å². The quantitative estimate of drug-likeness (QED) is 0.759. The van der Waals surface area contributed by atoms with Gasteiger partial charge >= 0.3 is 5.97 Å². The first-order valence-corrected chi connectivity index (χ1v) is 7.60. The van der Waals surface area contributed by atoms with Gasteiger partial charge in [0.25, 0.3) is 5.91 Å². The van der Waals surface area contributed by atoms with E-state index in [4.69, 9.17) is 0 Å². The topological polar surface area (TPSA) is 95.1 Å². The van der Waals surface area contributed by atoms with E-state index in [0.29, 0.717) is 23.9 Å². The molecule has 1 fully saturated rings. The van der Waals surface area contributed by atoms with Crippen molar-refractivity contribution in [3.05, 3.63) is 30.0 Å². The maximum Gasteiger partial charge on any atom is 0.329 e. The van der Waals surface area contributed by atoms with E-state index in [1.807, 2.05) is 6.07 Å². The number of nitrogens with one attached hydrogen (secondary N) is 2. The number of para-hydroxylation sites is 1. The summed E-state index contributed by atoms with van der Waals surface area (Å²) < 4.78 is 0. The Morgan fingerprint density at radius 2 is 1.91 bits per heavy atom. The van der Waals surface area contributed by atoms with E-state index in [9.17, 15) is 14.7 Å². The van der Waals surface area contributed by atoms with Gasteiger partial charge in [-0.1, -0.05) is 37.8 Å². The summed E-state index contributed by atoms with van der Waals surface area (Å²) in [5.74, 6) is -1.31. The Hall–Kier alpha value is -2.37.